The molecule has 1 aromatic rings. The van der Waals surface area contributed by atoms with Crippen LogP contribution in [0.25, 0.3) is 0 Å². The number of nitrogens with one attached hydrogen (secondary N) is 1. The first-order chi connectivity index (χ1) is 12.0. The lowest BCUT2D eigenvalue weighted by Crippen LogP contribution is -2.40. The minimum atomic E-state index is -0.765. The number of methoxy groups -OCH3 is 2. The summed E-state index contributed by atoms with van der Waals surface area (Å²) in [4.78, 5) is 24.0. The van der Waals surface area contributed by atoms with E-state index in [0.717, 1.165) is 31.2 Å². The second kappa shape index (κ2) is 9.30. The minimum Gasteiger partial charge on any atom is -0.493 e. The summed E-state index contributed by atoms with van der Waals surface area (Å²) < 4.78 is 15.7. The molecule has 0 heterocycles. The van der Waals surface area contributed by atoms with Crippen LogP contribution in [0, 0.1) is 0 Å². The van der Waals surface area contributed by atoms with E-state index in [2.05, 4.69) is 5.32 Å². The number of carbonyl (C=O) groups is 2. The molecule has 0 aromatic heterocycles. The zero-order valence-corrected chi connectivity index (χ0v) is 15.2. The third kappa shape index (κ3) is 5.66. The Morgan fingerprint density at radius 2 is 1.84 bits per heavy atom. The van der Waals surface area contributed by atoms with Gasteiger partial charge in [-0.3, -0.25) is 9.59 Å². The predicted molar refractivity (Wildman–Crippen MR) is 93.8 cm³/mol. The van der Waals surface area contributed by atoms with Gasteiger partial charge < -0.3 is 19.5 Å². The number of ether oxygens (including phenoxy) is 3. The van der Waals surface area contributed by atoms with Crippen LogP contribution < -0.4 is 14.8 Å². The number of carbonyl (C=O) groups excluding carboxylic acids is 2. The van der Waals surface area contributed by atoms with Crippen molar-refractivity contribution in [1.29, 1.82) is 0 Å². The van der Waals surface area contributed by atoms with Gasteiger partial charge in [0, 0.05) is 12.5 Å². The highest BCUT2D eigenvalue weighted by Gasteiger charge is 2.22. The zero-order chi connectivity index (χ0) is 18.2. The van der Waals surface area contributed by atoms with Crippen LogP contribution in [0.2, 0.25) is 0 Å². The van der Waals surface area contributed by atoms with Crippen molar-refractivity contribution < 1.29 is 23.8 Å². The van der Waals surface area contributed by atoms with Gasteiger partial charge in [0.1, 0.15) is 0 Å². The fourth-order valence-electron chi connectivity index (χ4n) is 2.98. The second-order valence-corrected chi connectivity index (χ2v) is 6.31. The maximum atomic E-state index is 12.0. The molecule has 1 atom stereocenters. The molecule has 1 amide bonds. The first-order valence-corrected chi connectivity index (χ1v) is 8.74. The third-order valence-electron chi connectivity index (χ3n) is 4.44. The Labute approximate surface area is 148 Å². The molecule has 6 nitrogen and oxygen atoms in total. The molecule has 0 radical (unpaired) electrons. The number of hydrogen-bond acceptors (Lipinski definition) is 5. The summed E-state index contributed by atoms with van der Waals surface area (Å²) in [7, 11) is 3.15. The van der Waals surface area contributed by atoms with Gasteiger partial charge in [-0.1, -0.05) is 18.9 Å². The van der Waals surface area contributed by atoms with E-state index in [9.17, 15) is 9.59 Å². The molecule has 1 aliphatic carbocycles. The minimum absolute atomic E-state index is 0.205. The quantitative estimate of drug-likeness (QED) is 0.730. The first-order valence-electron chi connectivity index (χ1n) is 8.74. The molecule has 0 unspecified atom stereocenters. The molecule has 0 saturated heterocycles. The average Bonchev–Trinajstić information content (AvgIpc) is 3.12. The second-order valence-electron chi connectivity index (χ2n) is 6.31. The largest absolute Gasteiger partial charge is 0.493 e. The Morgan fingerprint density at radius 1 is 1.16 bits per heavy atom. The van der Waals surface area contributed by atoms with Crippen molar-refractivity contribution in [3.63, 3.8) is 0 Å². The van der Waals surface area contributed by atoms with E-state index in [1.807, 2.05) is 12.1 Å². The van der Waals surface area contributed by atoms with Crippen LogP contribution in [0.4, 0.5) is 0 Å². The van der Waals surface area contributed by atoms with Crippen molar-refractivity contribution in [2.45, 2.75) is 57.6 Å². The monoisotopic (exact) mass is 349 g/mol. The van der Waals surface area contributed by atoms with Gasteiger partial charge in [-0.15, -0.1) is 0 Å². The van der Waals surface area contributed by atoms with Crippen molar-refractivity contribution in [2.75, 3.05) is 14.2 Å². The predicted octanol–water partition coefficient (Wildman–Crippen LogP) is 2.63. The summed E-state index contributed by atoms with van der Waals surface area (Å²) in [6.45, 7) is 1.61. The van der Waals surface area contributed by atoms with Gasteiger partial charge in [-0.2, -0.15) is 0 Å². The maximum absolute atomic E-state index is 12.0. The van der Waals surface area contributed by atoms with Crippen LogP contribution >= 0.6 is 0 Å². The van der Waals surface area contributed by atoms with Gasteiger partial charge >= 0.3 is 5.97 Å². The van der Waals surface area contributed by atoms with Gasteiger partial charge in [0.05, 0.1) is 14.2 Å². The Morgan fingerprint density at radius 3 is 2.48 bits per heavy atom. The lowest BCUT2D eigenvalue weighted by molar-refractivity contribution is -0.155. The van der Waals surface area contributed by atoms with Crippen molar-refractivity contribution in [1.82, 2.24) is 5.32 Å². The molecular formula is C19H27NO5. The molecule has 0 bridgehead atoms. The van der Waals surface area contributed by atoms with Crippen molar-refractivity contribution in [2.24, 2.45) is 0 Å². The Bertz CT molecular complexity index is 595. The number of amides is 1. The number of rotatable bonds is 8. The fourth-order valence-corrected chi connectivity index (χ4v) is 2.98. The molecule has 6 heteroatoms. The Balaban J connectivity index is 1.78. The summed E-state index contributed by atoms with van der Waals surface area (Å²) in [6, 6.07) is 5.74. The van der Waals surface area contributed by atoms with Crippen LogP contribution in [0.15, 0.2) is 18.2 Å². The fraction of sp³-hybridized carbons (Fsp3) is 0.579. The molecule has 25 heavy (non-hydrogen) atoms. The first kappa shape index (κ1) is 19.1. The van der Waals surface area contributed by atoms with E-state index in [0.29, 0.717) is 17.9 Å². The molecular weight excluding hydrogens is 322 g/mol. The van der Waals surface area contributed by atoms with Crippen molar-refractivity contribution in [3.8, 4) is 11.5 Å². The lowest BCUT2D eigenvalue weighted by atomic mass is 10.1. The van der Waals surface area contributed by atoms with Gasteiger partial charge in [0.25, 0.3) is 5.91 Å². The standard InChI is InChI=1S/C19H27NO5/c1-13(19(22)20-15-6-4-5-7-15)25-18(21)11-9-14-8-10-16(23-2)17(12-14)24-3/h8,10,12-13,15H,4-7,9,11H2,1-3H3,(H,20,22)/t13-/m0/s1. The molecule has 138 valence electrons. The van der Waals surface area contributed by atoms with Crippen molar-refractivity contribution in [3.05, 3.63) is 23.8 Å². The summed E-state index contributed by atoms with van der Waals surface area (Å²) in [6.07, 6.45) is 4.25. The highest BCUT2D eigenvalue weighted by atomic mass is 16.5. The Kier molecular flexibility index (Phi) is 7.10. The number of esters is 1. The van der Waals surface area contributed by atoms with E-state index < -0.39 is 6.10 Å². The van der Waals surface area contributed by atoms with Crippen LogP contribution in [-0.2, 0) is 20.7 Å². The highest BCUT2D eigenvalue weighted by Crippen LogP contribution is 2.28. The zero-order valence-electron chi connectivity index (χ0n) is 15.2. The van der Waals surface area contributed by atoms with E-state index >= 15 is 0 Å². The van der Waals surface area contributed by atoms with E-state index in [4.69, 9.17) is 14.2 Å². The van der Waals surface area contributed by atoms with Gasteiger partial charge in [0.2, 0.25) is 0 Å². The van der Waals surface area contributed by atoms with Crippen LogP contribution in [-0.4, -0.2) is 38.2 Å². The molecule has 1 fully saturated rings. The topological polar surface area (TPSA) is 73.9 Å². The summed E-state index contributed by atoms with van der Waals surface area (Å²) in [5.74, 6) is 0.666. The number of benzene rings is 1. The molecule has 1 aromatic carbocycles. The smallest absolute Gasteiger partial charge is 0.306 e. The summed E-state index contributed by atoms with van der Waals surface area (Å²) >= 11 is 0. The van der Waals surface area contributed by atoms with Crippen LogP contribution in [0.5, 0.6) is 11.5 Å². The molecule has 1 N–H and O–H groups in total. The van der Waals surface area contributed by atoms with E-state index in [1.165, 1.54) is 0 Å². The normalized spacial score (nSPS) is 15.5. The molecule has 1 aliphatic rings. The average molecular weight is 349 g/mol. The highest BCUT2D eigenvalue weighted by molar-refractivity contribution is 5.83. The van der Waals surface area contributed by atoms with Gasteiger partial charge in [0.15, 0.2) is 17.6 Å². The van der Waals surface area contributed by atoms with Crippen LogP contribution in [0.3, 0.4) is 0 Å². The summed E-state index contributed by atoms with van der Waals surface area (Å²) in [5.41, 5.74) is 0.942. The Hall–Kier alpha value is -2.24. The van der Waals surface area contributed by atoms with Gasteiger partial charge in [-0.05, 0) is 43.9 Å². The molecule has 0 aliphatic heterocycles. The maximum Gasteiger partial charge on any atom is 0.306 e. The SMILES string of the molecule is COc1ccc(CCC(=O)O[C@@H](C)C(=O)NC2CCCC2)cc1OC. The summed E-state index contributed by atoms with van der Waals surface area (Å²) in [5, 5.41) is 2.94. The van der Waals surface area contributed by atoms with Crippen LogP contribution in [0.1, 0.15) is 44.6 Å². The van der Waals surface area contributed by atoms with E-state index in [1.54, 1.807) is 27.2 Å². The van der Waals surface area contributed by atoms with Gasteiger partial charge in [-0.25, -0.2) is 0 Å². The van der Waals surface area contributed by atoms with Crippen molar-refractivity contribution >= 4 is 11.9 Å². The molecule has 2 rings (SSSR count). The van der Waals surface area contributed by atoms with E-state index in [-0.39, 0.29) is 24.3 Å². The molecule has 0 spiro atoms. The number of hydrogen-bond donors (Lipinski definition) is 1. The number of aryl methyl sites for hydroxylation is 1. The molecule has 1 saturated carbocycles. The third-order valence-corrected chi connectivity index (χ3v) is 4.44. The lowest BCUT2D eigenvalue weighted by Gasteiger charge is -2.17.